The molecule has 1 saturated heterocycles. The maximum absolute atomic E-state index is 12.6. The number of hydrogen-bond acceptors (Lipinski definition) is 3. The first-order valence-electron chi connectivity index (χ1n) is 8.24. The summed E-state index contributed by atoms with van der Waals surface area (Å²) in [6, 6.07) is 8.98. The number of nitrogens with zero attached hydrogens (tertiary/aromatic N) is 1. The minimum atomic E-state index is -0.244. The van der Waals surface area contributed by atoms with Crippen molar-refractivity contribution in [1.82, 2.24) is 4.90 Å². The van der Waals surface area contributed by atoms with Crippen molar-refractivity contribution in [1.29, 1.82) is 0 Å². The number of amides is 1. The lowest BCUT2D eigenvalue weighted by atomic mass is 9.96. The molecule has 126 valence electrons. The van der Waals surface area contributed by atoms with Crippen LogP contribution >= 0.6 is 22.9 Å². The number of thiophene rings is 1. The van der Waals surface area contributed by atoms with Gasteiger partial charge in [0, 0.05) is 18.7 Å². The van der Waals surface area contributed by atoms with Crippen molar-refractivity contribution in [2.24, 2.45) is 0 Å². The topological polar surface area (TPSA) is 37.4 Å². The smallest absolute Gasteiger partial charge is 0.229 e. The summed E-state index contributed by atoms with van der Waals surface area (Å²) in [6.07, 6.45) is 3.35. The van der Waals surface area contributed by atoms with Crippen LogP contribution in [-0.2, 0) is 4.79 Å². The lowest BCUT2D eigenvalue weighted by Gasteiger charge is -2.29. The van der Waals surface area contributed by atoms with Crippen LogP contribution in [0.15, 0.2) is 35.7 Å². The number of ketones is 1. The van der Waals surface area contributed by atoms with Gasteiger partial charge in [-0.25, -0.2) is 0 Å². The van der Waals surface area contributed by atoms with Gasteiger partial charge in [-0.2, -0.15) is 0 Å². The van der Waals surface area contributed by atoms with Crippen molar-refractivity contribution in [2.75, 3.05) is 13.1 Å². The highest BCUT2D eigenvalue weighted by atomic mass is 35.5. The number of carbonyl (C=O) groups excluding carboxylic acids is 2. The molecule has 3 rings (SSSR count). The second-order valence-corrected chi connectivity index (χ2v) is 7.51. The van der Waals surface area contributed by atoms with Crippen molar-refractivity contribution in [3.63, 3.8) is 0 Å². The third-order valence-corrected chi connectivity index (χ3v) is 5.70. The van der Waals surface area contributed by atoms with E-state index in [9.17, 15) is 9.59 Å². The van der Waals surface area contributed by atoms with Gasteiger partial charge in [0.1, 0.15) is 0 Å². The zero-order valence-electron chi connectivity index (χ0n) is 13.6. The van der Waals surface area contributed by atoms with E-state index >= 15 is 0 Å². The predicted octanol–water partition coefficient (Wildman–Crippen LogP) is 4.75. The van der Waals surface area contributed by atoms with Crippen LogP contribution in [0, 0.1) is 0 Å². The van der Waals surface area contributed by atoms with E-state index in [2.05, 4.69) is 0 Å². The minimum absolute atomic E-state index is 0.0726. The second kappa shape index (κ2) is 7.49. The molecule has 0 saturated carbocycles. The maximum Gasteiger partial charge on any atom is 0.229 e. The van der Waals surface area contributed by atoms with Crippen LogP contribution in [0.1, 0.15) is 52.9 Å². The molecule has 3 nitrogen and oxygen atoms in total. The standard InChI is InChI=1S/C19H20ClNO2S/c1-13(19(23)21-9-3-2-4-10-21)14-7-8-15(16(20)12-14)18(22)17-6-5-11-24-17/h5-8,11-13H,2-4,9-10H2,1H3. The Bertz CT molecular complexity index is 736. The summed E-state index contributed by atoms with van der Waals surface area (Å²) in [4.78, 5) is 27.7. The van der Waals surface area contributed by atoms with Gasteiger partial charge < -0.3 is 4.90 Å². The largest absolute Gasteiger partial charge is 0.342 e. The van der Waals surface area contributed by atoms with E-state index in [0.29, 0.717) is 15.5 Å². The van der Waals surface area contributed by atoms with Gasteiger partial charge in [0.25, 0.3) is 0 Å². The van der Waals surface area contributed by atoms with Crippen LogP contribution in [0.25, 0.3) is 0 Å². The molecule has 0 bridgehead atoms. The van der Waals surface area contributed by atoms with E-state index in [1.807, 2.05) is 29.3 Å². The zero-order chi connectivity index (χ0) is 17.1. The SMILES string of the molecule is CC(C(=O)N1CCCCC1)c1ccc(C(=O)c2cccs2)c(Cl)c1. The van der Waals surface area contributed by atoms with Gasteiger partial charge in [-0.3, -0.25) is 9.59 Å². The average molecular weight is 362 g/mol. The van der Waals surface area contributed by atoms with E-state index in [0.717, 1.165) is 31.5 Å². The molecule has 1 aromatic heterocycles. The third kappa shape index (κ3) is 3.55. The Kier molecular flexibility index (Phi) is 5.36. The molecule has 0 N–H and O–H groups in total. The highest BCUT2D eigenvalue weighted by Crippen LogP contribution is 2.28. The Hall–Kier alpha value is -1.65. The molecule has 1 atom stereocenters. The van der Waals surface area contributed by atoms with Gasteiger partial charge in [-0.05, 0) is 55.3 Å². The first-order valence-corrected chi connectivity index (χ1v) is 9.50. The van der Waals surface area contributed by atoms with Crippen LogP contribution in [0.5, 0.6) is 0 Å². The number of halogens is 1. The first kappa shape index (κ1) is 17.2. The molecule has 2 aromatic rings. The third-order valence-electron chi connectivity index (χ3n) is 4.52. The number of benzene rings is 1. The Balaban J connectivity index is 1.78. The minimum Gasteiger partial charge on any atom is -0.342 e. The fourth-order valence-corrected chi connectivity index (χ4v) is 4.01. The molecule has 24 heavy (non-hydrogen) atoms. The zero-order valence-corrected chi connectivity index (χ0v) is 15.2. The molecule has 1 unspecified atom stereocenters. The molecule has 0 radical (unpaired) electrons. The Morgan fingerprint density at radius 2 is 1.92 bits per heavy atom. The number of carbonyl (C=O) groups is 2. The van der Waals surface area contributed by atoms with Crippen LogP contribution in [0.2, 0.25) is 5.02 Å². The summed E-state index contributed by atoms with van der Waals surface area (Å²) in [5.74, 6) is -0.175. The van der Waals surface area contributed by atoms with Crippen molar-refractivity contribution >= 4 is 34.6 Å². The van der Waals surface area contributed by atoms with Crippen molar-refractivity contribution in [3.05, 3.63) is 56.7 Å². The van der Waals surface area contributed by atoms with E-state index < -0.39 is 0 Å². The highest BCUT2D eigenvalue weighted by molar-refractivity contribution is 7.12. The van der Waals surface area contributed by atoms with Crippen molar-refractivity contribution in [2.45, 2.75) is 32.1 Å². The van der Waals surface area contributed by atoms with Crippen LogP contribution in [-0.4, -0.2) is 29.7 Å². The van der Waals surface area contributed by atoms with Crippen molar-refractivity contribution < 1.29 is 9.59 Å². The molecule has 0 aliphatic carbocycles. The molecule has 1 aliphatic rings. The average Bonchev–Trinajstić information content (AvgIpc) is 3.15. The van der Waals surface area contributed by atoms with Crippen LogP contribution < -0.4 is 0 Å². The Labute approximate surface area is 151 Å². The Morgan fingerprint density at radius 3 is 2.54 bits per heavy atom. The summed E-state index contributed by atoms with van der Waals surface area (Å²) in [7, 11) is 0. The lowest BCUT2D eigenvalue weighted by molar-refractivity contribution is -0.133. The monoisotopic (exact) mass is 361 g/mol. The number of hydrogen-bond donors (Lipinski definition) is 0. The summed E-state index contributed by atoms with van der Waals surface area (Å²) in [5.41, 5.74) is 1.35. The highest BCUT2D eigenvalue weighted by Gasteiger charge is 2.24. The molecule has 1 aliphatic heterocycles. The fourth-order valence-electron chi connectivity index (χ4n) is 3.06. The van der Waals surface area contributed by atoms with Crippen LogP contribution in [0.4, 0.5) is 0 Å². The van der Waals surface area contributed by atoms with E-state index in [1.165, 1.54) is 17.8 Å². The molecule has 1 aromatic carbocycles. The van der Waals surface area contributed by atoms with Gasteiger partial charge in [0.05, 0.1) is 15.8 Å². The summed E-state index contributed by atoms with van der Waals surface area (Å²) >= 11 is 7.73. The van der Waals surface area contributed by atoms with Crippen molar-refractivity contribution in [3.8, 4) is 0 Å². The van der Waals surface area contributed by atoms with Gasteiger partial charge >= 0.3 is 0 Å². The molecule has 0 spiro atoms. The normalized spacial score (nSPS) is 16.0. The number of piperidine rings is 1. The number of rotatable bonds is 4. The number of likely N-dealkylation sites (tertiary alicyclic amines) is 1. The van der Waals surface area contributed by atoms with Gasteiger partial charge in [-0.15, -0.1) is 11.3 Å². The molecule has 1 fully saturated rings. The summed E-state index contributed by atoms with van der Waals surface area (Å²) < 4.78 is 0. The quantitative estimate of drug-likeness (QED) is 0.737. The molecule has 2 heterocycles. The summed E-state index contributed by atoms with van der Waals surface area (Å²) in [6.45, 7) is 3.58. The van der Waals surface area contributed by atoms with E-state index in [-0.39, 0.29) is 17.6 Å². The molecule has 1 amide bonds. The van der Waals surface area contributed by atoms with Gasteiger partial charge in [0.15, 0.2) is 0 Å². The Morgan fingerprint density at radius 1 is 1.17 bits per heavy atom. The fraction of sp³-hybridized carbons (Fsp3) is 0.368. The lowest BCUT2D eigenvalue weighted by Crippen LogP contribution is -2.38. The van der Waals surface area contributed by atoms with E-state index in [1.54, 1.807) is 18.2 Å². The molecular weight excluding hydrogens is 342 g/mol. The van der Waals surface area contributed by atoms with Gasteiger partial charge in [0.2, 0.25) is 11.7 Å². The van der Waals surface area contributed by atoms with Crippen LogP contribution in [0.3, 0.4) is 0 Å². The second-order valence-electron chi connectivity index (χ2n) is 6.15. The first-order chi connectivity index (χ1) is 11.6. The maximum atomic E-state index is 12.6. The van der Waals surface area contributed by atoms with Gasteiger partial charge in [-0.1, -0.05) is 23.7 Å². The summed E-state index contributed by atoms with van der Waals surface area (Å²) in [5, 5.41) is 2.28. The molecular formula is C19H20ClNO2S. The molecule has 5 heteroatoms. The predicted molar refractivity (Wildman–Crippen MR) is 98.0 cm³/mol. The van der Waals surface area contributed by atoms with E-state index in [4.69, 9.17) is 11.6 Å².